The summed E-state index contributed by atoms with van der Waals surface area (Å²) in [4.78, 5) is 42.1. The number of nitrogens with one attached hydrogen (secondary N) is 1. The van der Waals surface area contributed by atoms with Gasteiger partial charge in [0.2, 0.25) is 0 Å². The average molecular weight is 516 g/mol. The molecule has 4 heterocycles. The minimum atomic E-state index is -1.53. The second-order valence-electron chi connectivity index (χ2n) is 9.63. The van der Waals surface area contributed by atoms with Gasteiger partial charge < -0.3 is 14.8 Å². The van der Waals surface area contributed by atoms with Gasteiger partial charge in [-0.05, 0) is 29.8 Å². The highest BCUT2D eigenvalue weighted by atomic mass is 32.2. The van der Waals surface area contributed by atoms with Crippen LogP contribution >= 0.6 is 11.8 Å². The van der Waals surface area contributed by atoms with Crippen LogP contribution in [0.5, 0.6) is 11.5 Å². The Labute approximate surface area is 215 Å². The molecule has 37 heavy (non-hydrogen) atoms. The number of anilines is 1. The van der Waals surface area contributed by atoms with Crippen molar-refractivity contribution in [3.8, 4) is 11.5 Å². The molecule has 0 aromatic heterocycles. The first-order valence-corrected chi connectivity index (χ1v) is 13.0. The second kappa shape index (κ2) is 7.56. The number of carbonyl (C=O) groups is 2. The first-order valence-electron chi connectivity index (χ1n) is 11.8. The molecule has 3 aromatic carbocycles. The summed E-state index contributed by atoms with van der Waals surface area (Å²) in [6.45, 7) is 0. The van der Waals surface area contributed by atoms with Crippen LogP contribution in [0.3, 0.4) is 0 Å². The van der Waals surface area contributed by atoms with Crippen LogP contribution in [0.2, 0.25) is 0 Å². The van der Waals surface area contributed by atoms with Crippen molar-refractivity contribution in [3.05, 3.63) is 93.5 Å². The van der Waals surface area contributed by atoms with E-state index in [1.54, 1.807) is 37.1 Å². The number of rotatable bonds is 3. The fourth-order valence-electron chi connectivity index (χ4n) is 6.98. The van der Waals surface area contributed by atoms with E-state index in [-0.39, 0.29) is 17.6 Å². The van der Waals surface area contributed by atoms with Crippen molar-refractivity contribution in [3.63, 3.8) is 0 Å². The number of hydrogen-bond donors (Lipinski definition) is 1. The molecule has 186 valence electrons. The molecular weight excluding hydrogens is 494 g/mol. The number of esters is 1. The van der Waals surface area contributed by atoms with Gasteiger partial charge >= 0.3 is 5.97 Å². The number of para-hydroxylation sites is 1. The van der Waals surface area contributed by atoms with Crippen LogP contribution in [0.4, 0.5) is 11.4 Å². The Kier molecular flexibility index (Phi) is 4.56. The van der Waals surface area contributed by atoms with Crippen molar-refractivity contribution >= 4 is 35.0 Å². The minimum Gasteiger partial charge on any atom is -0.497 e. The van der Waals surface area contributed by atoms with Gasteiger partial charge in [0.1, 0.15) is 16.9 Å². The van der Waals surface area contributed by atoms with Gasteiger partial charge in [0, 0.05) is 52.5 Å². The number of nitro benzene ring substituents is 1. The molecule has 2 spiro atoms. The fourth-order valence-corrected chi connectivity index (χ4v) is 8.28. The summed E-state index contributed by atoms with van der Waals surface area (Å²) >= 11 is 1.68. The Morgan fingerprint density at radius 1 is 1.11 bits per heavy atom. The molecule has 3 aromatic rings. The number of non-ortho nitro benzene ring substituents is 1. The zero-order chi connectivity index (χ0) is 25.5. The van der Waals surface area contributed by atoms with Crippen LogP contribution in [-0.4, -0.2) is 46.5 Å². The van der Waals surface area contributed by atoms with Crippen LogP contribution in [0.1, 0.15) is 22.6 Å². The maximum absolute atomic E-state index is 14.3. The summed E-state index contributed by atoms with van der Waals surface area (Å²) in [5.74, 6) is 0.907. The lowest BCUT2D eigenvalue weighted by Crippen LogP contribution is -2.61. The van der Waals surface area contributed by atoms with E-state index in [0.717, 1.165) is 5.56 Å². The predicted octanol–water partition coefficient (Wildman–Crippen LogP) is 3.78. The third kappa shape index (κ3) is 2.54. The molecule has 4 aliphatic heterocycles. The van der Waals surface area contributed by atoms with E-state index < -0.39 is 27.8 Å². The lowest BCUT2D eigenvalue weighted by atomic mass is 9.57. The zero-order valence-electron chi connectivity index (χ0n) is 19.7. The van der Waals surface area contributed by atoms with Crippen molar-refractivity contribution in [2.75, 3.05) is 24.1 Å². The number of thioether (sulfide) groups is 1. The van der Waals surface area contributed by atoms with E-state index in [1.807, 2.05) is 36.4 Å². The topological polar surface area (TPSA) is 111 Å². The molecule has 2 saturated heterocycles. The van der Waals surface area contributed by atoms with Crippen LogP contribution in [0.25, 0.3) is 0 Å². The number of amides is 1. The molecule has 0 saturated carbocycles. The van der Waals surface area contributed by atoms with Gasteiger partial charge in [-0.25, -0.2) is 0 Å². The Hall–Kier alpha value is -3.89. The number of nitro groups is 1. The molecule has 4 atom stereocenters. The van der Waals surface area contributed by atoms with Crippen LogP contribution < -0.4 is 14.8 Å². The van der Waals surface area contributed by atoms with Crippen molar-refractivity contribution in [1.82, 2.24) is 4.90 Å². The van der Waals surface area contributed by atoms with Gasteiger partial charge in [0.25, 0.3) is 11.6 Å². The van der Waals surface area contributed by atoms with Gasteiger partial charge in [0.05, 0.1) is 12.0 Å². The van der Waals surface area contributed by atoms with E-state index in [4.69, 9.17) is 9.47 Å². The number of carbonyl (C=O) groups excluding carboxylic acids is 2. The highest BCUT2D eigenvalue weighted by Crippen LogP contribution is 2.70. The van der Waals surface area contributed by atoms with Crippen molar-refractivity contribution in [2.24, 2.45) is 0 Å². The standard InChI is InChI=1S/C27H21N3O6S/c1-35-17-9-6-15(7-10-17)23-21-13-37-14-29(21)27(26(23)18-4-2-3-5-22(18)36-25(26)32)19-12-16(30(33)34)8-11-20(19)28-24(27)31/h2-12,21,23H,13-14H2,1H3,(H,28,31)/t21-,23-,26-,27-/m1/s1. The SMILES string of the molecule is COc1ccc([C@@H]2[C@H]3CSCN3[C@]3(C(=O)Nc4ccc([N+](=O)[O-])cc43)[C@@]23C(=O)Oc2ccccc23)cc1. The monoisotopic (exact) mass is 515 g/mol. The molecule has 0 radical (unpaired) electrons. The summed E-state index contributed by atoms with van der Waals surface area (Å²) in [6.07, 6.45) is 0. The molecular formula is C27H21N3O6S. The summed E-state index contributed by atoms with van der Waals surface area (Å²) < 4.78 is 11.3. The van der Waals surface area contributed by atoms with Crippen molar-refractivity contribution < 1.29 is 24.0 Å². The van der Waals surface area contributed by atoms with E-state index in [1.165, 1.54) is 12.1 Å². The van der Waals surface area contributed by atoms with E-state index >= 15 is 0 Å². The molecule has 0 aliphatic carbocycles. The number of hydrogen-bond acceptors (Lipinski definition) is 8. The summed E-state index contributed by atoms with van der Waals surface area (Å²) in [5, 5.41) is 14.8. The van der Waals surface area contributed by atoms with E-state index in [2.05, 4.69) is 10.2 Å². The van der Waals surface area contributed by atoms with Crippen LogP contribution in [0.15, 0.2) is 66.7 Å². The number of methoxy groups -OCH3 is 1. The Morgan fingerprint density at radius 2 is 1.89 bits per heavy atom. The molecule has 0 unspecified atom stereocenters. The Morgan fingerprint density at radius 3 is 2.65 bits per heavy atom. The molecule has 2 fully saturated rings. The van der Waals surface area contributed by atoms with Gasteiger partial charge in [0.15, 0.2) is 5.54 Å². The van der Waals surface area contributed by atoms with Gasteiger partial charge in [-0.2, -0.15) is 0 Å². The first kappa shape index (κ1) is 22.3. The van der Waals surface area contributed by atoms with E-state index in [0.29, 0.717) is 39.9 Å². The van der Waals surface area contributed by atoms with Gasteiger partial charge in [-0.1, -0.05) is 30.3 Å². The highest BCUT2D eigenvalue weighted by molar-refractivity contribution is 7.99. The number of nitrogens with zero attached hydrogens (tertiary/aromatic N) is 2. The Bertz CT molecular complexity index is 1510. The van der Waals surface area contributed by atoms with Gasteiger partial charge in [-0.3, -0.25) is 24.6 Å². The van der Waals surface area contributed by atoms with Crippen LogP contribution in [0, 0.1) is 10.1 Å². The summed E-state index contributed by atoms with van der Waals surface area (Å²) in [7, 11) is 1.59. The molecule has 10 heteroatoms. The average Bonchev–Trinajstić information content (AvgIpc) is 3.62. The molecule has 7 rings (SSSR count). The zero-order valence-corrected chi connectivity index (χ0v) is 20.5. The minimum absolute atomic E-state index is 0.138. The van der Waals surface area contributed by atoms with E-state index in [9.17, 15) is 19.7 Å². The number of benzene rings is 3. The lowest BCUT2D eigenvalue weighted by Gasteiger charge is -2.42. The Balaban J connectivity index is 1.60. The fraction of sp³-hybridized carbons (Fsp3) is 0.259. The molecule has 0 bridgehead atoms. The second-order valence-corrected chi connectivity index (χ2v) is 10.6. The van der Waals surface area contributed by atoms with Crippen molar-refractivity contribution in [2.45, 2.75) is 22.9 Å². The van der Waals surface area contributed by atoms with Crippen LogP contribution in [-0.2, 0) is 20.5 Å². The molecule has 1 N–H and O–H groups in total. The quantitative estimate of drug-likeness (QED) is 0.243. The maximum Gasteiger partial charge on any atom is 0.325 e. The predicted molar refractivity (Wildman–Crippen MR) is 136 cm³/mol. The van der Waals surface area contributed by atoms with Crippen molar-refractivity contribution in [1.29, 1.82) is 0 Å². The lowest BCUT2D eigenvalue weighted by molar-refractivity contribution is -0.385. The summed E-state index contributed by atoms with van der Waals surface area (Å²) in [5.41, 5.74) is -0.737. The molecule has 9 nitrogen and oxygen atoms in total. The number of fused-ring (bicyclic) bond motifs is 7. The normalized spacial score (nSPS) is 29.2. The maximum atomic E-state index is 14.3. The highest BCUT2D eigenvalue weighted by Gasteiger charge is 2.81. The molecule has 1 amide bonds. The first-order chi connectivity index (χ1) is 17.9. The third-order valence-corrected chi connectivity index (χ3v) is 9.30. The third-order valence-electron chi connectivity index (χ3n) is 8.26. The number of ether oxygens (including phenoxy) is 2. The largest absolute Gasteiger partial charge is 0.497 e. The summed E-state index contributed by atoms with van der Waals surface area (Å²) in [6, 6.07) is 18.9. The molecule has 4 aliphatic rings. The van der Waals surface area contributed by atoms with Gasteiger partial charge in [-0.15, -0.1) is 11.8 Å². The smallest absolute Gasteiger partial charge is 0.325 e.